The van der Waals surface area contributed by atoms with Crippen molar-refractivity contribution in [3.8, 4) is 0 Å². The van der Waals surface area contributed by atoms with Crippen LogP contribution in [-0.4, -0.2) is 17.0 Å². The van der Waals surface area contributed by atoms with E-state index in [2.05, 4.69) is 20.6 Å². The van der Waals surface area contributed by atoms with Crippen molar-refractivity contribution in [1.82, 2.24) is 9.97 Å². The van der Waals surface area contributed by atoms with Crippen LogP contribution in [0.15, 0.2) is 24.3 Å². The van der Waals surface area contributed by atoms with E-state index >= 15 is 0 Å². The zero-order chi connectivity index (χ0) is 13.8. The summed E-state index contributed by atoms with van der Waals surface area (Å²) in [6.45, 7) is 1.97. The van der Waals surface area contributed by atoms with E-state index in [1.54, 1.807) is 19.2 Å². The van der Waals surface area contributed by atoms with Crippen LogP contribution in [0.2, 0.25) is 5.02 Å². The first-order valence-electron chi connectivity index (χ1n) is 5.89. The number of hydrogen-bond donors (Lipinski definition) is 2. The fourth-order valence-corrected chi connectivity index (χ4v) is 1.84. The average Bonchev–Trinajstić information content (AvgIpc) is 2.37. The Labute approximate surface area is 116 Å². The Balaban J connectivity index is 2.31. The van der Waals surface area contributed by atoms with E-state index in [0.717, 1.165) is 0 Å². The molecule has 1 aromatic carbocycles. The smallest absolute Gasteiger partial charge is 0.136 e. The molecule has 0 saturated carbocycles. The van der Waals surface area contributed by atoms with Crippen molar-refractivity contribution in [2.75, 3.05) is 17.7 Å². The van der Waals surface area contributed by atoms with Gasteiger partial charge in [0.2, 0.25) is 0 Å². The van der Waals surface area contributed by atoms with Crippen LogP contribution in [0.1, 0.15) is 12.7 Å². The zero-order valence-corrected chi connectivity index (χ0v) is 11.4. The molecule has 0 bridgehead atoms. The minimum Gasteiger partial charge on any atom is -0.373 e. The molecule has 0 aliphatic rings. The van der Waals surface area contributed by atoms with E-state index in [4.69, 9.17) is 11.6 Å². The summed E-state index contributed by atoms with van der Waals surface area (Å²) in [5.74, 6) is 1.61. The second kappa shape index (κ2) is 5.84. The molecule has 0 amide bonds. The molecule has 1 heterocycles. The van der Waals surface area contributed by atoms with Crippen LogP contribution < -0.4 is 10.6 Å². The van der Waals surface area contributed by atoms with Gasteiger partial charge in [-0.3, -0.25) is 0 Å². The molecule has 0 aliphatic heterocycles. The normalized spacial score (nSPS) is 10.3. The lowest BCUT2D eigenvalue weighted by molar-refractivity contribution is 0.628. The van der Waals surface area contributed by atoms with Gasteiger partial charge in [-0.15, -0.1) is 0 Å². The maximum absolute atomic E-state index is 13.3. The third-order valence-electron chi connectivity index (χ3n) is 2.48. The topological polar surface area (TPSA) is 49.8 Å². The Morgan fingerprint density at radius 1 is 1.16 bits per heavy atom. The monoisotopic (exact) mass is 280 g/mol. The van der Waals surface area contributed by atoms with Crippen LogP contribution in [0.5, 0.6) is 0 Å². The van der Waals surface area contributed by atoms with Crippen LogP contribution in [0.4, 0.5) is 21.7 Å². The molecule has 0 atom stereocenters. The van der Waals surface area contributed by atoms with Gasteiger partial charge in [0.1, 0.15) is 23.3 Å². The predicted octanol–water partition coefficient (Wildman–Crippen LogP) is 3.62. The van der Waals surface area contributed by atoms with Crippen molar-refractivity contribution in [2.24, 2.45) is 0 Å². The first-order chi connectivity index (χ1) is 9.10. The maximum atomic E-state index is 13.3. The largest absolute Gasteiger partial charge is 0.373 e. The molecular weight excluding hydrogens is 267 g/mol. The number of rotatable bonds is 4. The number of hydrogen-bond acceptors (Lipinski definition) is 4. The van der Waals surface area contributed by atoms with Crippen molar-refractivity contribution in [1.29, 1.82) is 0 Å². The molecule has 6 heteroatoms. The van der Waals surface area contributed by atoms with Gasteiger partial charge < -0.3 is 10.6 Å². The highest BCUT2D eigenvalue weighted by Crippen LogP contribution is 2.22. The van der Waals surface area contributed by atoms with Crippen LogP contribution >= 0.6 is 11.6 Å². The van der Waals surface area contributed by atoms with E-state index in [0.29, 0.717) is 34.6 Å². The third-order valence-corrected chi connectivity index (χ3v) is 2.70. The van der Waals surface area contributed by atoms with E-state index in [-0.39, 0.29) is 0 Å². The highest BCUT2D eigenvalue weighted by molar-refractivity contribution is 6.30. The Kier molecular flexibility index (Phi) is 4.16. The van der Waals surface area contributed by atoms with E-state index in [1.807, 2.05) is 6.92 Å². The molecule has 4 nitrogen and oxygen atoms in total. The van der Waals surface area contributed by atoms with E-state index in [9.17, 15) is 4.39 Å². The number of nitrogens with one attached hydrogen (secondary N) is 2. The summed E-state index contributed by atoms with van der Waals surface area (Å²) < 4.78 is 13.3. The molecule has 2 rings (SSSR count). The molecule has 0 saturated heterocycles. The highest BCUT2D eigenvalue weighted by Gasteiger charge is 2.04. The summed E-state index contributed by atoms with van der Waals surface area (Å²) in [6, 6.07) is 6.00. The Hall–Kier alpha value is -1.88. The average molecular weight is 281 g/mol. The van der Waals surface area contributed by atoms with E-state index < -0.39 is 5.82 Å². The van der Waals surface area contributed by atoms with Gasteiger partial charge in [0.25, 0.3) is 0 Å². The predicted molar refractivity (Wildman–Crippen MR) is 75.6 cm³/mol. The van der Waals surface area contributed by atoms with Gasteiger partial charge in [-0.1, -0.05) is 18.5 Å². The molecule has 0 unspecified atom stereocenters. The van der Waals surface area contributed by atoms with E-state index in [1.165, 1.54) is 12.1 Å². The zero-order valence-electron chi connectivity index (χ0n) is 10.7. The molecule has 0 radical (unpaired) electrons. The molecular formula is C13H14ClFN4. The fourth-order valence-electron chi connectivity index (χ4n) is 1.62. The molecule has 2 N–H and O–H groups in total. The summed E-state index contributed by atoms with van der Waals surface area (Å²) >= 11 is 5.81. The molecule has 2 aromatic rings. The summed E-state index contributed by atoms with van der Waals surface area (Å²) in [5.41, 5.74) is 0.549. The number of anilines is 3. The van der Waals surface area contributed by atoms with Gasteiger partial charge in [-0.05, 0) is 18.2 Å². The van der Waals surface area contributed by atoms with Crippen molar-refractivity contribution in [3.05, 3.63) is 40.9 Å². The second-order valence-corrected chi connectivity index (χ2v) is 4.38. The Morgan fingerprint density at radius 2 is 1.89 bits per heavy atom. The highest BCUT2D eigenvalue weighted by atomic mass is 35.5. The first kappa shape index (κ1) is 13.5. The van der Waals surface area contributed by atoms with Crippen molar-refractivity contribution in [3.63, 3.8) is 0 Å². The molecule has 0 aliphatic carbocycles. The number of halogens is 2. The maximum Gasteiger partial charge on any atom is 0.136 e. The lowest BCUT2D eigenvalue weighted by atomic mass is 10.3. The lowest BCUT2D eigenvalue weighted by Gasteiger charge is -2.09. The number of nitrogens with zero attached hydrogens (tertiary/aromatic N) is 2. The summed E-state index contributed by atoms with van der Waals surface area (Å²) in [4.78, 5) is 8.61. The van der Waals surface area contributed by atoms with Gasteiger partial charge in [-0.25, -0.2) is 14.4 Å². The minimum absolute atomic E-state index is 0.334. The SMILES string of the molecule is CCc1nc(NC)cc(Nc2cc(F)cc(Cl)c2)n1. The van der Waals surface area contributed by atoms with Gasteiger partial charge >= 0.3 is 0 Å². The summed E-state index contributed by atoms with van der Waals surface area (Å²) in [7, 11) is 1.78. The molecule has 1 aromatic heterocycles. The van der Waals surface area contributed by atoms with Gasteiger partial charge in [0, 0.05) is 30.2 Å². The second-order valence-electron chi connectivity index (χ2n) is 3.94. The number of aromatic nitrogens is 2. The summed E-state index contributed by atoms with van der Waals surface area (Å²) in [5, 5.41) is 6.31. The van der Waals surface area contributed by atoms with Crippen LogP contribution in [0.25, 0.3) is 0 Å². The Morgan fingerprint density at radius 3 is 2.53 bits per heavy atom. The van der Waals surface area contributed by atoms with Gasteiger partial charge in [-0.2, -0.15) is 0 Å². The first-order valence-corrected chi connectivity index (χ1v) is 6.27. The third kappa shape index (κ3) is 3.54. The lowest BCUT2D eigenvalue weighted by Crippen LogP contribution is -2.03. The van der Waals surface area contributed by atoms with Crippen molar-refractivity contribution >= 4 is 28.9 Å². The van der Waals surface area contributed by atoms with Crippen LogP contribution in [-0.2, 0) is 6.42 Å². The van der Waals surface area contributed by atoms with Gasteiger partial charge in [0.15, 0.2) is 0 Å². The van der Waals surface area contributed by atoms with Crippen molar-refractivity contribution < 1.29 is 4.39 Å². The molecule has 100 valence electrons. The molecule has 0 fully saturated rings. The fraction of sp³-hybridized carbons (Fsp3) is 0.231. The molecule has 0 spiro atoms. The number of benzene rings is 1. The number of aryl methyl sites for hydroxylation is 1. The molecule has 19 heavy (non-hydrogen) atoms. The standard InChI is InChI=1S/C13H14ClFN4/c1-3-11-18-12(16-2)7-13(19-11)17-10-5-8(14)4-9(15)6-10/h4-7H,3H2,1-2H3,(H2,16,17,18,19). The Bertz CT molecular complexity index is 546. The minimum atomic E-state index is -0.395. The van der Waals surface area contributed by atoms with Gasteiger partial charge in [0.05, 0.1) is 0 Å². The van der Waals surface area contributed by atoms with Crippen molar-refractivity contribution in [2.45, 2.75) is 13.3 Å². The van der Waals surface area contributed by atoms with Crippen LogP contribution in [0, 0.1) is 5.82 Å². The summed E-state index contributed by atoms with van der Waals surface area (Å²) in [6.07, 6.45) is 0.716. The quantitative estimate of drug-likeness (QED) is 0.898. The van der Waals surface area contributed by atoms with Crippen LogP contribution in [0.3, 0.4) is 0 Å².